The minimum absolute atomic E-state index is 0.00915. The Morgan fingerprint density at radius 1 is 1.23 bits per heavy atom. The molecule has 1 heterocycles. The number of rotatable bonds is 5. The lowest BCUT2D eigenvalue weighted by atomic mass is 10.0. The number of nitrogens with one attached hydrogen (secondary N) is 2. The quantitative estimate of drug-likeness (QED) is 0.753. The standard InChI is InChI=1S/C18H23N5O3/c1-10(2)20-18(25)21-14-9-12(15(19)24)8-13(14)17-22-16(23-26-17)11-6-4-3-5-7-11/h3-7,10,12-14H,8-9H2,1-2H3,(H2,19,24)(H2,20,21,25)/t12-,13-,14+/m1/s1. The first-order chi connectivity index (χ1) is 12.4. The fourth-order valence-electron chi connectivity index (χ4n) is 3.27. The van der Waals surface area contributed by atoms with Crippen LogP contribution >= 0.6 is 0 Å². The topological polar surface area (TPSA) is 123 Å². The second kappa shape index (κ2) is 7.55. The number of carbonyl (C=O) groups is 2. The van der Waals surface area contributed by atoms with Gasteiger partial charge in [0, 0.05) is 23.6 Å². The van der Waals surface area contributed by atoms with Crippen LogP contribution in [0.25, 0.3) is 11.4 Å². The molecule has 3 rings (SSSR count). The highest BCUT2D eigenvalue weighted by molar-refractivity contribution is 5.78. The number of urea groups is 1. The SMILES string of the molecule is CC(C)NC(=O)N[C@H]1C[C@H](C(N)=O)C[C@H]1c1nc(-c2ccccc2)no1. The third kappa shape index (κ3) is 4.01. The maximum atomic E-state index is 12.1. The molecular formula is C18H23N5O3. The van der Waals surface area contributed by atoms with Gasteiger partial charge in [-0.3, -0.25) is 4.79 Å². The fourth-order valence-corrected chi connectivity index (χ4v) is 3.27. The van der Waals surface area contributed by atoms with E-state index in [9.17, 15) is 9.59 Å². The fraction of sp³-hybridized carbons (Fsp3) is 0.444. The van der Waals surface area contributed by atoms with Crippen molar-refractivity contribution in [3.8, 4) is 11.4 Å². The van der Waals surface area contributed by atoms with Gasteiger partial charge in [0.2, 0.25) is 17.6 Å². The molecule has 3 amide bonds. The number of hydrogen-bond donors (Lipinski definition) is 3. The van der Waals surface area contributed by atoms with Gasteiger partial charge in [-0.15, -0.1) is 0 Å². The van der Waals surface area contributed by atoms with Crippen molar-refractivity contribution < 1.29 is 14.1 Å². The highest BCUT2D eigenvalue weighted by Crippen LogP contribution is 2.38. The van der Waals surface area contributed by atoms with Crippen molar-refractivity contribution >= 4 is 11.9 Å². The number of nitrogens with zero attached hydrogens (tertiary/aromatic N) is 2. The first-order valence-corrected chi connectivity index (χ1v) is 8.69. The zero-order valence-corrected chi connectivity index (χ0v) is 14.8. The molecule has 0 aliphatic heterocycles. The molecule has 4 N–H and O–H groups in total. The van der Waals surface area contributed by atoms with Gasteiger partial charge in [-0.1, -0.05) is 35.5 Å². The number of carbonyl (C=O) groups excluding carboxylic acids is 2. The lowest BCUT2D eigenvalue weighted by Gasteiger charge is -2.19. The predicted octanol–water partition coefficient (Wildman–Crippen LogP) is 1.79. The van der Waals surface area contributed by atoms with E-state index >= 15 is 0 Å². The zero-order chi connectivity index (χ0) is 18.7. The number of amides is 3. The summed E-state index contributed by atoms with van der Waals surface area (Å²) in [6.45, 7) is 3.75. The Bertz CT molecular complexity index is 774. The molecule has 2 aromatic rings. The second-order valence-corrected chi connectivity index (χ2v) is 6.88. The molecule has 8 heteroatoms. The van der Waals surface area contributed by atoms with Gasteiger partial charge in [0.1, 0.15) is 0 Å². The van der Waals surface area contributed by atoms with Crippen molar-refractivity contribution in [3.05, 3.63) is 36.2 Å². The second-order valence-electron chi connectivity index (χ2n) is 6.88. The average Bonchev–Trinajstić information content (AvgIpc) is 3.21. The predicted molar refractivity (Wildman–Crippen MR) is 95.0 cm³/mol. The lowest BCUT2D eigenvalue weighted by Crippen LogP contribution is -2.45. The third-order valence-corrected chi connectivity index (χ3v) is 4.49. The average molecular weight is 357 g/mol. The number of primary amides is 1. The smallest absolute Gasteiger partial charge is 0.315 e. The van der Waals surface area contributed by atoms with Crippen LogP contribution in [0.5, 0.6) is 0 Å². The summed E-state index contributed by atoms with van der Waals surface area (Å²) in [7, 11) is 0. The van der Waals surface area contributed by atoms with Crippen LogP contribution < -0.4 is 16.4 Å². The van der Waals surface area contributed by atoms with Crippen LogP contribution in [0.4, 0.5) is 4.79 Å². The van der Waals surface area contributed by atoms with Crippen molar-refractivity contribution in [2.45, 2.75) is 44.7 Å². The van der Waals surface area contributed by atoms with Crippen LogP contribution in [0, 0.1) is 5.92 Å². The Hall–Kier alpha value is -2.90. The summed E-state index contributed by atoms with van der Waals surface area (Å²) in [5, 5.41) is 9.72. The van der Waals surface area contributed by atoms with Crippen molar-refractivity contribution in [1.29, 1.82) is 0 Å². The highest BCUT2D eigenvalue weighted by Gasteiger charge is 2.41. The lowest BCUT2D eigenvalue weighted by molar-refractivity contribution is -0.121. The molecule has 1 saturated carbocycles. The largest absolute Gasteiger partial charge is 0.369 e. The first kappa shape index (κ1) is 17.9. The maximum Gasteiger partial charge on any atom is 0.315 e. The molecule has 0 spiro atoms. The Balaban J connectivity index is 1.80. The molecule has 0 unspecified atom stereocenters. The van der Waals surface area contributed by atoms with Gasteiger partial charge in [0.05, 0.1) is 5.92 Å². The molecular weight excluding hydrogens is 334 g/mol. The number of aromatic nitrogens is 2. The van der Waals surface area contributed by atoms with E-state index in [-0.39, 0.29) is 35.9 Å². The zero-order valence-electron chi connectivity index (χ0n) is 14.8. The molecule has 1 aliphatic rings. The van der Waals surface area contributed by atoms with Crippen molar-refractivity contribution in [2.75, 3.05) is 0 Å². The maximum absolute atomic E-state index is 12.1. The molecule has 1 aromatic heterocycles. The van der Waals surface area contributed by atoms with E-state index in [1.165, 1.54) is 0 Å². The number of benzene rings is 1. The number of nitrogens with two attached hydrogens (primary N) is 1. The van der Waals surface area contributed by atoms with Crippen LogP contribution in [0.15, 0.2) is 34.9 Å². The van der Waals surface area contributed by atoms with Crippen LogP contribution in [0.1, 0.15) is 38.5 Å². The first-order valence-electron chi connectivity index (χ1n) is 8.69. The third-order valence-electron chi connectivity index (χ3n) is 4.49. The van der Waals surface area contributed by atoms with Gasteiger partial charge in [-0.25, -0.2) is 4.79 Å². The summed E-state index contributed by atoms with van der Waals surface area (Å²) in [5.74, 6) is -0.0888. The Morgan fingerprint density at radius 3 is 2.62 bits per heavy atom. The highest BCUT2D eigenvalue weighted by atomic mass is 16.5. The Morgan fingerprint density at radius 2 is 1.96 bits per heavy atom. The van der Waals surface area contributed by atoms with Crippen LogP contribution in [0.2, 0.25) is 0 Å². The molecule has 138 valence electrons. The van der Waals surface area contributed by atoms with E-state index in [2.05, 4.69) is 20.8 Å². The van der Waals surface area contributed by atoms with Gasteiger partial charge in [-0.05, 0) is 26.7 Å². The molecule has 8 nitrogen and oxygen atoms in total. The molecule has 0 saturated heterocycles. The van der Waals surface area contributed by atoms with Gasteiger partial charge in [-0.2, -0.15) is 4.98 Å². The van der Waals surface area contributed by atoms with E-state index in [4.69, 9.17) is 10.3 Å². The number of hydrogen-bond acceptors (Lipinski definition) is 5. The molecule has 1 aromatic carbocycles. The van der Waals surface area contributed by atoms with Crippen molar-refractivity contribution in [3.63, 3.8) is 0 Å². The van der Waals surface area contributed by atoms with Crippen LogP contribution in [-0.2, 0) is 4.79 Å². The van der Waals surface area contributed by atoms with Gasteiger partial charge < -0.3 is 20.9 Å². The van der Waals surface area contributed by atoms with Crippen LogP contribution in [0.3, 0.4) is 0 Å². The summed E-state index contributed by atoms with van der Waals surface area (Å²) in [6, 6.07) is 8.90. The van der Waals surface area contributed by atoms with E-state index in [0.717, 1.165) is 5.56 Å². The molecule has 26 heavy (non-hydrogen) atoms. The molecule has 0 bridgehead atoms. The van der Waals surface area contributed by atoms with E-state index in [1.807, 2.05) is 44.2 Å². The molecule has 3 atom stereocenters. The van der Waals surface area contributed by atoms with E-state index in [0.29, 0.717) is 24.6 Å². The summed E-state index contributed by atoms with van der Waals surface area (Å²) in [4.78, 5) is 28.2. The van der Waals surface area contributed by atoms with Gasteiger partial charge in [0.25, 0.3) is 0 Å². The Labute approximate surface area is 151 Å². The van der Waals surface area contributed by atoms with E-state index < -0.39 is 0 Å². The summed E-state index contributed by atoms with van der Waals surface area (Å²) in [5.41, 5.74) is 6.32. The minimum atomic E-state index is -0.383. The summed E-state index contributed by atoms with van der Waals surface area (Å²) in [6.07, 6.45) is 0.924. The van der Waals surface area contributed by atoms with Gasteiger partial charge in [0.15, 0.2) is 0 Å². The van der Waals surface area contributed by atoms with Crippen molar-refractivity contribution in [2.24, 2.45) is 11.7 Å². The monoisotopic (exact) mass is 357 g/mol. The summed E-state index contributed by atoms with van der Waals surface area (Å²) < 4.78 is 5.44. The van der Waals surface area contributed by atoms with E-state index in [1.54, 1.807) is 0 Å². The Kier molecular flexibility index (Phi) is 5.20. The molecule has 1 aliphatic carbocycles. The molecule has 1 fully saturated rings. The summed E-state index contributed by atoms with van der Waals surface area (Å²) >= 11 is 0. The van der Waals surface area contributed by atoms with Crippen molar-refractivity contribution in [1.82, 2.24) is 20.8 Å². The van der Waals surface area contributed by atoms with Gasteiger partial charge >= 0.3 is 6.03 Å². The normalized spacial score (nSPS) is 22.3. The minimum Gasteiger partial charge on any atom is -0.369 e. The molecule has 0 radical (unpaired) electrons. The van der Waals surface area contributed by atoms with Crippen LogP contribution in [-0.4, -0.2) is 34.2 Å².